The molecule has 0 radical (unpaired) electrons. The number of nitrogens with one attached hydrogen (secondary N) is 2. The van der Waals surface area contributed by atoms with E-state index in [9.17, 15) is 4.79 Å². The highest BCUT2D eigenvalue weighted by atomic mass is 16.5. The molecule has 3 rings (SSSR count). The van der Waals surface area contributed by atoms with Crippen LogP contribution >= 0.6 is 0 Å². The van der Waals surface area contributed by atoms with Crippen LogP contribution in [-0.2, 0) is 4.74 Å². The van der Waals surface area contributed by atoms with Crippen LogP contribution < -0.4 is 10.2 Å². The number of quaternary nitrogens is 1. The minimum Gasteiger partial charge on any atom is -0.370 e. The van der Waals surface area contributed by atoms with Crippen molar-refractivity contribution in [2.75, 3.05) is 39.4 Å². The Morgan fingerprint density at radius 3 is 2.65 bits per heavy atom. The smallest absolute Gasteiger partial charge is 0.251 e. The number of amides is 1. The molecule has 1 fully saturated rings. The molecule has 0 unspecified atom stereocenters. The zero-order chi connectivity index (χ0) is 16.1. The van der Waals surface area contributed by atoms with Gasteiger partial charge >= 0.3 is 0 Å². The van der Waals surface area contributed by atoms with Crippen molar-refractivity contribution >= 4 is 16.7 Å². The third-order valence-electron chi connectivity index (χ3n) is 4.58. The van der Waals surface area contributed by atoms with Crippen LogP contribution in [0, 0.1) is 6.92 Å². The summed E-state index contributed by atoms with van der Waals surface area (Å²) < 4.78 is 5.36. The molecule has 2 aromatic rings. The molecule has 1 amide bonds. The number of hydrogen-bond acceptors (Lipinski definition) is 2. The molecule has 1 aliphatic heterocycles. The summed E-state index contributed by atoms with van der Waals surface area (Å²) in [5.74, 6) is 0.0261. The lowest BCUT2D eigenvalue weighted by Crippen LogP contribution is -3.14. The number of carbonyl (C=O) groups excluding carboxylic acids is 1. The zero-order valence-electron chi connectivity index (χ0n) is 13.7. The average Bonchev–Trinajstić information content (AvgIpc) is 2.60. The molecule has 2 aromatic carbocycles. The molecule has 1 aliphatic rings. The standard InChI is InChI=1S/C19H24N2O2/c1-15-7-8-18(17-6-3-2-5-16(15)17)19(22)20-9-4-10-21-11-13-23-14-12-21/h2-3,5-8H,4,9-14H2,1H3,(H,20,22)/p+1. The second-order valence-corrected chi connectivity index (χ2v) is 6.20. The molecule has 122 valence electrons. The van der Waals surface area contributed by atoms with Crippen molar-refractivity contribution in [3.05, 3.63) is 47.5 Å². The van der Waals surface area contributed by atoms with E-state index in [-0.39, 0.29) is 5.91 Å². The lowest BCUT2D eigenvalue weighted by Gasteiger charge is -2.23. The molecular weight excluding hydrogens is 288 g/mol. The van der Waals surface area contributed by atoms with Gasteiger partial charge in [-0.25, -0.2) is 0 Å². The van der Waals surface area contributed by atoms with Gasteiger partial charge in [0.15, 0.2) is 0 Å². The molecule has 0 spiro atoms. The molecular formula is C19H25N2O2+. The largest absolute Gasteiger partial charge is 0.370 e. The minimum absolute atomic E-state index is 0.0261. The number of hydrogen-bond donors (Lipinski definition) is 2. The average molecular weight is 313 g/mol. The molecule has 4 nitrogen and oxygen atoms in total. The first-order valence-electron chi connectivity index (χ1n) is 8.43. The number of fused-ring (bicyclic) bond motifs is 1. The highest BCUT2D eigenvalue weighted by molar-refractivity contribution is 6.07. The molecule has 4 heteroatoms. The Labute approximate surface area is 137 Å². The molecule has 0 aromatic heterocycles. The van der Waals surface area contributed by atoms with E-state index in [4.69, 9.17) is 4.74 Å². The van der Waals surface area contributed by atoms with Crippen LogP contribution in [0.1, 0.15) is 22.3 Å². The summed E-state index contributed by atoms with van der Waals surface area (Å²) in [5.41, 5.74) is 1.97. The summed E-state index contributed by atoms with van der Waals surface area (Å²) in [7, 11) is 0. The van der Waals surface area contributed by atoms with Gasteiger partial charge in [-0.2, -0.15) is 0 Å². The second kappa shape index (κ2) is 7.57. The van der Waals surface area contributed by atoms with E-state index >= 15 is 0 Å². The number of morpholine rings is 1. The Hall–Kier alpha value is -1.91. The fourth-order valence-corrected chi connectivity index (χ4v) is 3.19. The van der Waals surface area contributed by atoms with E-state index in [2.05, 4.69) is 18.3 Å². The predicted molar refractivity (Wildman–Crippen MR) is 92.0 cm³/mol. The molecule has 1 heterocycles. The van der Waals surface area contributed by atoms with Crippen molar-refractivity contribution in [3.8, 4) is 0 Å². The summed E-state index contributed by atoms with van der Waals surface area (Å²) in [5, 5.41) is 5.25. The molecule has 2 N–H and O–H groups in total. The third kappa shape index (κ3) is 3.89. The van der Waals surface area contributed by atoms with Crippen LogP contribution in [0.4, 0.5) is 0 Å². The number of carbonyl (C=O) groups is 1. The van der Waals surface area contributed by atoms with Gasteiger partial charge in [-0.3, -0.25) is 4.79 Å². The van der Waals surface area contributed by atoms with Crippen molar-refractivity contribution in [2.45, 2.75) is 13.3 Å². The lowest BCUT2D eigenvalue weighted by molar-refractivity contribution is -0.908. The summed E-state index contributed by atoms with van der Waals surface area (Å²) in [6.45, 7) is 7.78. The van der Waals surface area contributed by atoms with Crippen LogP contribution in [0.25, 0.3) is 10.8 Å². The number of benzene rings is 2. The molecule has 0 atom stereocenters. The summed E-state index contributed by atoms with van der Waals surface area (Å²) in [6.07, 6.45) is 1.00. The van der Waals surface area contributed by atoms with E-state index in [1.54, 1.807) is 4.90 Å². The number of aryl methyl sites for hydroxylation is 1. The van der Waals surface area contributed by atoms with E-state index < -0.39 is 0 Å². The molecule has 23 heavy (non-hydrogen) atoms. The van der Waals surface area contributed by atoms with Gasteiger partial charge in [-0.1, -0.05) is 30.3 Å². The van der Waals surface area contributed by atoms with Gasteiger partial charge in [-0.15, -0.1) is 0 Å². The van der Waals surface area contributed by atoms with Crippen molar-refractivity contribution in [3.63, 3.8) is 0 Å². The van der Waals surface area contributed by atoms with Crippen molar-refractivity contribution in [1.82, 2.24) is 5.32 Å². The van der Waals surface area contributed by atoms with E-state index in [1.807, 2.05) is 30.3 Å². The monoisotopic (exact) mass is 313 g/mol. The predicted octanol–water partition coefficient (Wildman–Crippen LogP) is 1.18. The van der Waals surface area contributed by atoms with Crippen LogP contribution in [-0.4, -0.2) is 45.3 Å². The van der Waals surface area contributed by atoms with Crippen LogP contribution in [0.5, 0.6) is 0 Å². The van der Waals surface area contributed by atoms with E-state index in [0.717, 1.165) is 62.1 Å². The number of ether oxygens (including phenoxy) is 1. The zero-order valence-corrected chi connectivity index (χ0v) is 13.7. The van der Waals surface area contributed by atoms with E-state index in [1.165, 1.54) is 5.56 Å². The third-order valence-corrected chi connectivity index (χ3v) is 4.58. The maximum Gasteiger partial charge on any atom is 0.251 e. The highest BCUT2D eigenvalue weighted by Crippen LogP contribution is 2.22. The van der Waals surface area contributed by atoms with Crippen molar-refractivity contribution in [2.24, 2.45) is 0 Å². The van der Waals surface area contributed by atoms with Gasteiger partial charge in [-0.05, 0) is 29.3 Å². The maximum atomic E-state index is 12.5. The van der Waals surface area contributed by atoms with Crippen molar-refractivity contribution in [1.29, 1.82) is 0 Å². The van der Waals surface area contributed by atoms with E-state index in [0.29, 0.717) is 0 Å². The Morgan fingerprint density at radius 2 is 1.87 bits per heavy atom. The Balaban J connectivity index is 1.57. The fraction of sp³-hybridized carbons (Fsp3) is 0.421. The maximum absolute atomic E-state index is 12.5. The SMILES string of the molecule is Cc1ccc(C(=O)NCCC[NH+]2CCOCC2)c2ccccc12. The topological polar surface area (TPSA) is 42.8 Å². The van der Waals surface area contributed by atoms with Gasteiger partial charge in [0, 0.05) is 18.5 Å². The van der Waals surface area contributed by atoms with Crippen LogP contribution in [0.2, 0.25) is 0 Å². The normalized spacial score (nSPS) is 15.7. The molecule has 1 saturated heterocycles. The van der Waals surface area contributed by atoms with Gasteiger partial charge in [0.05, 0.1) is 19.8 Å². The van der Waals surface area contributed by atoms with Gasteiger partial charge in [0.25, 0.3) is 5.91 Å². The Kier molecular flexibility index (Phi) is 5.26. The van der Waals surface area contributed by atoms with Crippen LogP contribution in [0.3, 0.4) is 0 Å². The summed E-state index contributed by atoms with van der Waals surface area (Å²) in [4.78, 5) is 14.1. The summed E-state index contributed by atoms with van der Waals surface area (Å²) in [6, 6.07) is 12.1. The first kappa shape index (κ1) is 16.0. The van der Waals surface area contributed by atoms with Crippen LogP contribution in [0.15, 0.2) is 36.4 Å². The van der Waals surface area contributed by atoms with Crippen molar-refractivity contribution < 1.29 is 14.4 Å². The number of rotatable bonds is 5. The molecule has 0 aliphatic carbocycles. The second-order valence-electron chi connectivity index (χ2n) is 6.20. The molecule has 0 saturated carbocycles. The Bertz CT molecular complexity index is 678. The lowest BCUT2D eigenvalue weighted by atomic mass is 10.00. The first-order valence-corrected chi connectivity index (χ1v) is 8.43. The fourth-order valence-electron chi connectivity index (χ4n) is 3.19. The minimum atomic E-state index is 0.0261. The highest BCUT2D eigenvalue weighted by Gasteiger charge is 2.14. The van der Waals surface area contributed by atoms with Gasteiger partial charge < -0.3 is 15.0 Å². The first-order chi connectivity index (χ1) is 11.3. The summed E-state index contributed by atoms with van der Waals surface area (Å²) >= 11 is 0. The quantitative estimate of drug-likeness (QED) is 0.814. The van der Waals surface area contributed by atoms with Gasteiger partial charge in [0.2, 0.25) is 0 Å². The Morgan fingerprint density at radius 1 is 1.13 bits per heavy atom. The molecule has 0 bridgehead atoms. The van der Waals surface area contributed by atoms with Gasteiger partial charge in [0.1, 0.15) is 13.1 Å².